The van der Waals surface area contributed by atoms with E-state index in [0.29, 0.717) is 25.2 Å². The Morgan fingerprint density at radius 1 is 0.793 bits per heavy atom. The van der Waals surface area contributed by atoms with Gasteiger partial charge in [-0.25, -0.2) is 14.5 Å². The summed E-state index contributed by atoms with van der Waals surface area (Å²) in [6.07, 6.45) is -2.79. The first-order chi connectivity index (χ1) is 12.9. The topological polar surface area (TPSA) is 96.3 Å². The molecule has 29 heavy (non-hydrogen) atoms. The molecule has 172 valence electrons. The molecule has 2 amide bonds. The molecule has 0 fully saturated rings. The summed E-state index contributed by atoms with van der Waals surface area (Å²) < 4.78 is 10.8. The predicted molar refractivity (Wildman–Crippen MR) is 114 cm³/mol. The highest BCUT2D eigenvalue weighted by molar-refractivity contribution is 5.88. The van der Waals surface area contributed by atoms with Gasteiger partial charge in [0.1, 0.15) is 17.3 Å². The lowest BCUT2D eigenvalue weighted by Gasteiger charge is -2.37. The molecule has 2 N–H and O–H groups in total. The van der Waals surface area contributed by atoms with Crippen molar-refractivity contribution < 1.29 is 29.3 Å². The Morgan fingerprint density at radius 2 is 1.21 bits per heavy atom. The van der Waals surface area contributed by atoms with Crippen molar-refractivity contribution in [2.45, 2.75) is 118 Å². The largest absolute Gasteiger partial charge is 0.443 e. The lowest BCUT2D eigenvalue weighted by molar-refractivity contribution is -0.0605. The van der Waals surface area contributed by atoms with E-state index in [-0.39, 0.29) is 5.92 Å². The predicted octanol–water partition coefficient (Wildman–Crippen LogP) is 4.73. The quantitative estimate of drug-likeness (QED) is 0.592. The first kappa shape index (κ1) is 27.7. The fourth-order valence-electron chi connectivity index (χ4n) is 2.78. The Labute approximate surface area is 176 Å². The number of aliphatic hydroxyl groups excluding tert-OH is 2. The molecule has 0 aliphatic rings. The molecule has 0 aromatic heterocycles. The van der Waals surface area contributed by atoms with Crippen molar-refractivity contribution in [3.63, 3.8) is 0 Å². The van der Waals surface area contributed by atoms with Crippen molar-refractivity contribution >= 4 is 12.2 Å². The Bertz CT molecular complexity index is 490. The molecular formula is C22H43NO6. The fraction of sp³-hybridized carbons (Fsp3) is 0.909. The van der Waals surface area contributed by atoms with Crippen LogP contribution in [0.5, 0.6) is 0 Å². The molecule has 0 unspecified atom stereocenters. The van der Waals surface area contributed by atoms with Crippen molar-refractivity contribution in [3.8, 4) is 0 Å². The SMILES string of the molecule is CC(C)CC[C@@H](O)[C@@H](O)[C@@H](CC(C)C)N(C(=O)OC(C)(C)C)C(=O)OC(C)(C)C. The summed E-state index contributed by atoms with van der Waals surface area (Å²) in [4.78, 5) is 26.7. The second kappa shape index (κ2) is 11.2. The second-order valence-electron chi connectivity index (χ2n) is 10.6. The van der Waals surface area contributed by atoms with Crippen molar-refractivity contribution in [2.75, 3.05) is 0 Å². The third kappa shape index (κ3) is 11.4. The lowest BCUT2D eigenvalue weighted by atomic mass is 9.92. The summed E-state index contributed by atoms with van der Waals surface area (Å²) in [5.74, 6) is 0.410. The normalized spacial score (nSPS) is 15.8. The van der Waals surface area contributed by atoms with Crippen LogP contribution in [0.25, 0.3) is 0 Å². The number of amides is 2. The molecule has 0 aromatic carbocycles. The zero-order valence-corrected chi connectivity index (χ0v) is 20.0. The highest BCUT2D eigenvalue weighted by atomic mass is 16.6. The molecule has 0 radical (unpaired) electrons. The van der Waals surface area contributed by atoms with Crippen LogP contribution < -0.4 is 0 Å². The second-order valence-corrected chi connectivity index (χ2v) is 10.6. The van der Waals surface area contributed by atoms with E-state index in [1.54, 1.807) is 41.5 Å². The monoisotopic (exact) mass is 417 g/mol. The average Bonchev–Trinajstić information content (AvgIpc) is 2.47. The van der Waals surface area contributed by atoms with E-state index >= 15 is 0 Å². The van der Waals surface area contributed by atoms with Gasteiger partial charge in [-0.05, 0) is 72.6 Å². The Hall–Kier alpha value is -1.34. The molecule has 7 nitrogen and oxygen atoms in total. The van der Waals surface area contributed by atoms with Crippen LogP contribution >= 0.6 is 0 Å². The van der Waals surface area contributed by atoms with Gasteiger partial charge in [-0.2, -0.15) is 0 Å². The average molecular weight is 418 g/mol. The molecule has 0 aromatic rings. The van der Waals surface area contributed by atoms with E-state index in [4.69, 9.17) is 9.47 Å². The van der Waals surface area contributed by atoms with Crippen LogP contribution in [0.2, 0.25) is 0 Å². The van der Waals surface area contributed by atoms with Gasteiger partial charge in [0.2, 0.25) is 0 Å². The van der Waals surface area contributed by atoms with Gasteiger partial charge in [-0.1, -0.05) is 27.7 Å². The van der Waals surface area contributed by atoms with Gasteiger partial charge in [0.25, 0.3) is 0 Å². The highest BCUT2D eigenvalue weighted by Gasteiger charge is 2.42. The van der Waals surface area contributed by atoms with Crippen molar-refractivity contribution in [2.24, 2.45) is 11.8 Å². The number of rotatable bonds is 8. The van der Waals surface area contributed by atoms with E-state index in [2.05, 4.69) is 0 Å². The third-order valence-corrected chi connectivity index (χ3v) is 4.05. The summed E-state index contributed by atoms with van der Waals surface area (Å²) in [5.41, 5.74) is -1.66. The van der Waals surface area contributed by atoms with E-state index in [1.807, 2.05) is 27.7 Å². The number of hydrogen-bond acceptors (Lipinski definition) is 6. The summed E-state index contributed by atoms with van der Waals surface area (Å²) in [7, 11) is 0. The molecule has 0 aliphatic heterocycles. The van der Waals surface area contributed by atoms with Crippen LogP contribution in [0.15, 0.2) is 0 Å². The van der Waals surface area contributed by atoms with Gasteiger partial charge in [-0.3, -0.25) is 0 Å². The van der Waals surface area contributed by atoms with Crippen LogP contribution in [-0.4, -0.2) is 56.8 Å². The van der Waals surface area contributed by atoms with Crippen molar-refractivity contribution in [1.82, 2.24) is 4.90 Å². The van der Waals surface area contributed by atoms with E-state index in [9.17, 15) is 19.8 Å². The number of hydrogen-bond donors (Lipinski definition) is 2. The number of carbonyl (C=O) groups is 2. The molecular weight excluding hydrogens is 374 g/mol. The number of nitrogens with zero attached hydrogens (tertiary/aromatic N) is 1. The number of carbonyl (C=O) groups excluding carboxylic acids is 2. The van der Waals surface area contributed by atoms with Gasteiger partial charge in [0.05, 0.1) is 12.1 Å². The highest BCUT2D eigenvalue weighted by Crippen LogP contribution is 2.25. The summed E-state index contributed by atoms with van der Waals surface area (Å²) >= 11 is 0. The zero-order valence-electron chi connectivity index (χ0n) is 20.0. The smallest absolute Gasteiger partial charge is 0.420 e. The maximum atomic E-state index is 12.9. The third-order valence-electron chi connectivity index (χ3n) is 4.05. The first-order valence-corrected chi connectivity index (χ1v) is 10.6. The molecule has 0 aliphatic carbocycles. The van der Waals surface area contributed by atoms with Crippen molar-refractivity contribution in [1.29, 1.82) is 0 Å². The molecule has 3 atom stereocenters. The Balaban J connectivity index is 5.93. The molecule has 0 bridgehead atoms. The molecule has 0 rings (SSSR count). The Kier molecular flexibility index (Phi) is 10.6. The minimum absolute atomic E-state index is 0.0549. The summed E-state index contributed by atoms with van der Waals surface area (Å²) in [6, 6.07) is -0.970. The maximum absolute atomic E-state index is 12.9. The Morgan fingerprint density at radius 3 is 1.52 bits per heavy atom. The maximum Gasteiger partial charge on any atom is 0.420 e. The molecule has 0 spiro atoms. The van der Waals surface area contributed by atoms with Gasteiger partial charge in [0.15, 0.2) is 0 Å². The van der Waals surface area contributed by atoms with E-state index in [0.717, 1.165) is 4.90 Å². The van der Waals surface area contributed by atoms with E-state index < -0.39 is 41.6 Å². The van der Waals surface area contributed by atoms with Crippen LogP contribution in [0.4, 0.5) is 9.59 Å². The fourth-order valence-corrected chi connectivity index (χ4v) is 2.78. The molecule has 0 saturated heterocycles. The standard InChI is InChI=1S/C22H43NO6/c1-14(2)11-12-17(24)18(25)16(13-15(3)4)23(19(26)28-21(5,6)7)20(27)29-22(8,9)10/h14-18,24-25H,11-13H2,1-10H3/t16-,17-,18+/m1/s1. The zero-order chi connectivity index (χ0) is 23.2. The van der Waals surface area contributed by atoms with Gasteiger partial charge in [-0.15, -0.1) is 0 Å². The first-order valence-electron chi connectivity index (χ1n) is 10.6. The van der Waals surface area contributed by atoms with Crippen LogP contribution in [0, 0.1) is 11.8 Å². The molecule has 0 saturated carbocycles. The minimum atomic E-state index is -1.31. The van der Waals surface area contributed by atoms with Crippen LogP contribution in [-0.2, 0) is 9.47 Å². The molecule has 0 heterocycles. The number of aliphatic hydroxyl groups is 2. The van der Waals surface area contributed by atoms with Gasteiger partial charge >= 0.3 is 12.2 Å². The molecule has 7 heteroatoms. The minimum Gasteiger partial charge on any atom is -0.443 e. The lowest BCUT2D eigenvalue weighted by Crippen LogP contribution is -2.56. The van der Waals surface area contributed by atoms with E-state index in [1.165, 1.54) is 0 Å². The number of ether oxygens (including phenoxy) is 2. The van der Waals surface area contributed by atoms with Crippen molar-refractivity contribution in [3.05, 3.63) is 0 Å². The van der Waals surface area contributed by atoms with Gasteiger partial charge < -0.3 is 19.7 Å². The summed E-state index contributed by atoms with van der Waals surface area (Å²) in [5, 5.41) is 21.4. The number of imide groups is 1. The van der Waals surface area contributed by atoms with Crippen LogP contribution in [0.1, 0.15) is 88.5 Å². The van der Waals surface area contributed by atoms with Gasteiger partial charge in [0, 0.05) is 0 Å². The van der Waals surface area contributed by atoms with Crippen LogP contribution in [0.3, 0.4) is 0 Å². The summed E-state index contributed by atoms with van der Waals surface area (Å²) in [6.45, 7) is 18.1.